The fourth-order valence-corrected chi connectivity index (χ4v) is 3.78. The number of halogens is 1. The van der Waals surface area contributed by atoms with Crippen molar-refractivity contribution in [3.8, 4) is 5.75 Å². The van der Waals surface area contributed by atoms with Crippen molar-refractivity contribution in [2.75, 3.05) is 13.1 Å². The van der Waals surface area contributed by atoms with Gasteiger partial charge in [-0.3, -0.25) is 4.90 Å². The lowest BCUT2D eigenvalue weighted by Crippen LogP contribution is -2.30. The minimum atomic E-state index is 0. The SMILES string of the molecule is CC(C)Oc1cccc(CN2CC3CCC(N)C3C2)c1.Cl. The number of ether oxygens (including phenoxy) is 1. The van der Waals surface area contributed by atoms with Crippen LogP contribution in [0.15, 0.2) is 24.3 Å². The third-order valence-electron chi connectivity index (χ3n) is 4.66. The first kappa shape index (κ1) is 16.6. The van der Waals surface area contributed by atoms with Gasteiger partial charge in [-0.15, -0.1) is 12.4 Å². The number of hydrogen-bond donors (Lipinski definition) is 1. The van der Waals surface area contributed by atoms with Crippen LogP contribution in [0.5, 0.6) is 5.75 Å². The number of hydrogen-bond acceptors (Lipinski definition) is 3. The molecule has 2 N–H and O–H groups in total. The Morgan fingerprint density at radius 2 is 2.10 bits per heavy atom. The summed E-state index contributed by atoms with van der Waals surface area (Å²) in [6, 6.07) is 8.93. The van der Waals surface area contributed by atoms with Crippen molar-refractivity contribution in [3.05, 3.63) is 29.8 Å². The molecule has 4 heteroatoms. The summed E-state index contributed by atoms with van der Waals surface area (Å²) in [5, 5.41) is 0. The Balaban J connectivity index is 0.00000161. The molecule has 0 spiro atoms. The van der Waals surface area contributed by atoms with Gasteiger partial charge in [0.2, 0.25) is 0 Å². The van der Waals surface area contributed by atoms with Gasteiger partial charge in [-0.05, 0) is 56.2 Å². The van der Waals surface area contributed by atoms with E-state index in [2.05, 4.69) is 36.9 Å². The standard InChI is InChI=1S/C17H26N2O.ClH/c1-12(2)20-15-5-3-4-13(8-15)9-19-10-14-6-7-17(18)16(14)11-19;/h3-5,8,12,14,16-17H,6-7,9-11,18H2,1-2H3;1H. The van der Waals surface area contributed by atoms with Gasteiger partial charge < -0.3 is 10.5 Å². The molecule has 118 valence electrons. The van der Waals surface area contributed by atoms with Gasteiger partial charge in [0.05, 0.1) is 6.10 Å². The van der Waals surface area contributed by atoms with Crippen molar-refractivity contribution in [2.24, 2.45) is 17.6 Å². The predicted octanol–water partition coefficient (Wildman–Crippen LogP) is 3.06. The third-order valence-corrected chi connectivity index (χ3v) is 4.66. The van der Waals surface area contributed by atoms with E-state index < -0.39 is 0 Å². The number of likely N-dealkylation sites (tertiary alicyclic amines) is 1. The van der Waals surface area contributed by atoms with Crippen molar-refractivity contribution in [3.63, 3.8) is 0 Å². The molecule has 3 unspecified atom stereocenters. The molecule has 3 nitrogen and oxygen atoms in total. The van der Waals surface area contributed by atoms with Crippen LogP contribution in [0.1, 0.15) is 32.3 Å². The van der Waals surface area contributed by atoms with Crippen molar-refractivity contribution < 1.29 is 4.74 Å². The Hall–Kier alpha value is -0.770. The molecule has 0 amide bonds. The van der Waals surface area contributed by atoms with Crippen LogP contribution >= 0.6 is 12.4 Å². The molecule has 3 atom stereocenters. The zero-order chi connectivity index (χ0) is 14.1. The molecule has 21 heavy (non-hydrogen) atoms. The van der Waals surface area contributed by atoms with Crippen LogP contribution in [-0.4, -0.2) is 30.1 Å². The van der Waals surface area contributed by atoms with E-state index in [-0.39, 0.29) is 18.5 Å². The maximum Gasteiger partial charge on any atom is 0.120 e. The van der Waals surface area contributed by atoms with Crippen LogP contribution in [0, 0.1) is 11.8 Å². The fourth-order valence-electron chi connectivity index (χ4n) is 3.78. The molecule has 0 radical (unpaired) electrons. The highest BCUT2D eigenvalue weighted by molar-refractivity contribution is 5.85. The summed E-state index contributed by atoms with van der Waals surface area (Å²) in [5.41, 5.74) is 7.55. The average Bonchev–Trinajstić information content (AvgIpc) is 2.92. The van der Waals surface area contributed by atoms with Crippen molar-refractivity contribution in [1.29, 1.82) is 0 Å². The molecule has 1 saturated carbocycles. The van der Waals surface area contributed by atoms with E-state index in [9.17, 15) is 0 Å². The zero-order valence-electron chi connectivity index (χ0n) is 13.0. The first-order valence-electron chi connectivity index (χ1n) is 7.85. The second-order valence-corrected chi connectivity index (χ2v) is 6.67. The smallest absolute Gasteiger partial charge is 0.120 e. The monoisotopic (exact) mass is 310 g/mol. The highest BCUT2D eigenvalue weighted by atomic mass is 35.5. The Labute approximate surface area is 134 Å². The minimum Gasteiger partial charge on any atom is -0.491 e. The lowest BCUT2D eigenvalue weighted by atomic mass is 9.98. The van der Waals surface area contributed by atoms with Crippen LogP contribution in [0.4, 0.5) is 0 Å². The summed E-state index contributed by atoms with van der Waals surface area (Å²) in [6.07, 6.45) is 2.77. The summed E-state index contributed by atoms with van der Waals surface area (Å²) in [6.45, 7) is 7.54. The highest BCUT2D eigenvalue weighted by Crippen LogP contribution is 2.37. The quantitative estimate of drug-likeness (QED) is 0.929. The van der Waals surface area contributed by atoms with Gasteiger partial charge in [0.1, 0.15) is 5.75 Å². The van der Waals surface area contributed by atoms with Crippen LogP contribution in [0.2, 0.25) is 0 Å². The van der Waals surface area contributed by atoms with E-state index in [1.165, 1.54) is 31.5 Å². The van der Waals surface area contributed by atoms with Gasteiger partial charge in [0, 0.05) is 25.7 Å². The summed E-state index contributed by atoms with van der Waals surface area (Å²) in [5.74, 6) is 2.54. The summed E-state index contributed by atoms with van der Waals surface area (Å²) < 4.78 is 5.77. The second kappa shape index (κ2) is 6.99. The number of nitrogens with two attached hydrogens (primary N) is 1. The predicted molar refractivity (Wildman–Crippen MR) is 88.9 cm³/mol. The number of nitrogens with zero attached hydrogens (tertiary/aromatic N) is 1. The Morgan fingerprint density at radius 3 is 2.81 bits per heavy atom. The van der Waals surface area contributed by atoms with Gasteiger partial charge in [-0.1, -0.05) is 12.1 Å². The van der Waals surface area contributed by atoms with Gasteiger partial charge in [-0.25, -0.2) is 0 Å². The second-order valence-electron chi connectivity index (χ2n) is 6.67. The maximum atomic E-state index is 6.21. The van der Waals surface area contributed by atoms with E-state index >= 15 is 0 Å². The van der Waals surface area contributed by atoms with Gasteiger partial charge >= 0.3 is 0 Å². The van der Waals surface area contributed by atoms with Gasteiger partial charge in [0.15, 0.2) is 0 Å². The van der Waals surface area contributed by atoms with Crippen LogP contribution in [-0.2, 0) is 6.54 Å². The summed E-state index contributed by atoms with van der Waals surface area (Å²) in [7, 11) is 0. The Morgan fingerprint density at radius 1 is 1.29 bits per heavy atom. The van der Waals surface area contributed by atoms with Crippen LogP contribution in [0.3, 0.4) is 0 Å². The van der Waals surface area contributed by atoms with E-state index in [4.69, 9.17) is 10.5 Å². The first-order chi connectivity index (χ1) is 9.61. The number of benzene rings is 1. The molecular formula is C17H27ClN2O. The minimum absolute atomic E-state index is 0. The number of rotatable bonds is 4. The molecule has 1 heterocycles. The Bertz CT molecular complexity index is 466. The molecule has 1 aromatic carbocycles. The summed E-state index contributed by atoms with van der Waals surface area (Å²) in [4.78, 5) is 2.56. The summed E-state index contributed by atoms with van der Waals surface area (Å²) >= 11 is 0. The van der Waals surface area contributed by atoms with Crippen molar-refractivity contribution >= 4 is 12.4 Å². The van der Waals surface area contributed by atoms with Gasteiger partial charge in [0.25, 0.3) is 0 Å². The zero-order valence-corrected chi connectivity index (χ0v) is 13.8. The van der Waals surface area contributed by atoms with Gasteiger partial charge in [-0.2, -0.15) is 0 Å². The molecule has 3 rings (SSSR count). The molecular weight excluding hydrogens is 284 g/mol. The lowest BCUT2D eigenvalue weighted by Gasteiger charge is -2.19. The normalized spacial score (nSPS) is 28.5. The molecule has 2 fully saturated rings. The first-order valence-corrected chi connectivity index (χ1v) is 7.85. The maximum absolute atomic E-state index is 6.21. The molecule has 1 aliphatic carbocycles. The van der Waals surface area contributed by atoms with Crippen molar-refractivity contribution in [2.45, 2.75) is 45.4 Å². The Kier molecular flexibility index (Phi) is 5.53. The molecule has 2 aliphatic rings. The topological polar surface area (TPSA) is 38.5 Å². The number of fused-ring (bicyclic) bond motifs is 1. The van der Waals surface area contributed by atoms with E-state index in [0.29, 0.717) is 6.04 Å². The van der Waals surface area contributed by atoms with Crippen molar-refractivity contribution in [1.82, 2.24) is 4.90 Å². The largest absolute Gasteiger partial charge is 0.491 e. The third kappa shape index (κ3) is 3.91. The van der Waals surface area contributed by atoms with E-state index in [0.717, 1.165) is 24.1 Å². The molecule has 0 bridgehead atoms. The highest BCUT2D eigenvalue weighted by Gasteiger charge is 2.40. The van der Waals surface area contributed by atoms with Crippen LogP contribution in [0.25, 0.3) is 0 Å². The molecule has 0 aromatic heterocycles. The molecule has 1 saturated heterocycles. The van der Waals surface area contributed by atoms with E-state index in [1.807, 2.05) is 6.07 Å². The lowest BCUT2D eigenvalue weighted by molar-refractivity contribution is 0.241. The average molecular weight is 311 g/mol. The van der Waals surface area contributed by atoms with Crippen LogP contribution < -0.4 is 10.5 Å². The van der Waals surface area contributed by atoms with E-state index in [1.54, 1.807) is 0 Å². The fraction of sp³-hybridized carbons (Fsp3) is 0.647. The molecule has 1 aliphatic heterocycles. The molecule has 1 aromatic rings.